The smallest absolute Gasteiger partial charge is 0.191 e. The molecule has 0 spiro atoms. The van der Waals surface area contributed by atoms with E-state index in [4.69, 9.17) is 4.42 Å². The van der Waals surface area contributed by atoms with Gasteiger partial charge in [0.15, 0.2) is 11.2 Å². The van der Waals surface area contributed by atoms with Gasteiger partial charge in [0.05, 0.1) is 39.0 Å². The van der Waals surface area contributed by atoms with Gasteiger partial charge in [0.25, 0.3) is 0 Å². The molecule has 0 aliphatic heterocycles. The molecule has 10 rings (SSSR count). The quantitative estimate of drug-likeness (QED) is 0.102. The van der Waals surface area contributed by atoms with Crippen LogP contribution in [0.1, 0.15) is 0 Å². The molecule has 1 heterocycles. The van der Waals surface area contributed by atoms with Crippen LogP contribution in [0.3, 0.4) is 0 Å². The van der Waals surface area contributed by atoms with E-state index in [0.29, 0.717) is 0 Å². The number of benzene rings is 9. The third-order valence-electron chi connectivity index (χ3n) is 10.7. The lowest BCUT2D eigenvalue weighted by Gasteiger charge is -2.26. The van der Waals surface area contributed by atoms with Crippen molar-refractivity contribution in [2.24, 2.45) is 0 Å². The summed E-state index contributed by atoms with van der Waals surface area (Å²) in [6.07, 6.45) is 0. The van der Waals surface area contributed by atoms with Crippen molar-refractivity contribution in [2.75, 3.05) is 14.7 Å². The summed E-state index contributed by atoms with van der Waals surface area (Å²) in [4.78, 5) is 6.85. The lowest BCUT2D eigenvalue weighted by Crippen LogP contribution is -2.10. The monoisotopic (exact) mass is 758 g/mol. The van der Waals surface area contributed by atoms with Gasteiger partial charge in [-0.2, -0.15) is 0 Å². The molecule has 4 nitrogen and oxygen atoms in total. The normalized spacial score (nSPS) is 11.1. The summed E-state index contributed by atoms with van der Waals surface area (Å²) in [5.74, 6) is 0. The molecule has 1 aromatic heterocycles. The van der Waals surface area contributed by atoms with E-state index in [1.54, 1.807) is 0 Å². The van der Waals surface area contributed by atoms with Crippen LogP contribution in [0.2, 0.25) is 0 Å². The van der Waals surface area contributed by atoms with Gasteiger partial charge in [0.1, 0.15) is 0 Å². The van der Waals surface area contributed by atoms with Crippen molar-refractivity contribution in [1.82, 2.24) is 0 Å². The van der Waals surface area contributed by atoms with Crippen molar-refractivity contribution in [3.05, 3.63) is 243 Å². The van der Waals surface area contributed by atoms with Gasteiger partial charge in [-0.1, -0.05) is 109 Å². The molecule has 9 aromatic carbocycles. The van der Waals surface area contributed by atoms with Gasteiger partial charge in [-0.3, -0.25) is 0 Å². The number of fused-ring (bicyclic) bond motifs is 2. The summed E-state index contributed by atoms with van der Waals surface area (Å²) in [5.41, 5.74) is 13.4. The standard InChI is InChI=1S/C55H40N3O/c1-7-19-42(20-8-1)56(43-21-9-2-10-22-43)48-33-31-41(32-34-48)55-51-37-35-49(57(44-23-11-3-12-24-44)45-25-13-4-14-26-45)39-53(51)59-54-40-50(36-38-52(54)55)58(46-27-15-5-16-28-46)47-29-17-6-18-30-47/h1-40H/q+1. The van der Waals surface area contributed by atoms with Gasteiger partial charge in [-0.15, -0.1) is 0 Å². The Bertz CT molecular complexity index is 2700. The van der Waals surface area contributed by atoms with Crippen molar-refractivity contribution < 1.29 is 4.42 Å². The molecule has 59 heavy (non-hydrogen) atoms. The fraction of sp³-hybridized carbons (Fsp3) is 0. The first-order chi connectivity index (χ1) is 29.3. The van der Waals surface area contributed by atoms with E-state index in [1.165, 1.54) is 0 Å². The molecule has 0 fully saturated rings. The SMILES string of the molecule is c1ccc(N(c2ccccc2)c2ccc(-[c+]3c4ccc(N(c5ccccc5)c5ccccc5)cc4oc4cc(N(c5ccccc5)c5ccccc5)ccc43)cc2)cc1. The molecule has 280 valence electrons. The highest BCUT2D eigenvalue weighted by molar-refractivity contribution is 6.09. The fourth-order valence-corrected chi connectivity index (χ4v) is 8.04. The van der Waals surface area contributed by atoms with Crippen LogP contribution in [0.5, 0.6) is 0 Å². The van der Waals surface area contributed by atoms with Crippen LogP contribution < -0.4 is 14.7 Å². The number of anilines is 9. The first-order valence-corrected chi connectivity index (χ1v) is 19.9. The van der Waals surface area contributed by atoms with Gasteiger partial charge in [0.2, 0.25) is 0 Å². The highest BCUT2D eigenvalue weighted by atomic mass is 16.3. The van der Waals surface area contributed by atoms with E-state index in [2.05, 4.69) is 257 Å². The number of rotatable bonds is 10. The summed E-state index contributed by atoms with van der Waals surface area (Å²) in [6.45, 7) is 0. The largest absolute Gasteiger partial charge is 0.405 e. The van der Waals surface area contributed by atoms with Crippen molar-refractivity contribution in [3.63, 3.8) is 0 Å². The second kappa shape index (κ2) is 15.9. The van der Waals surface area contributed by atoms with Crippen LogP contribution in [-0.4, -0.2) is 0 Å². The van der Waals surface area contributed by atoms with Crippen LogP contribution in [0.15, 0.2) is 247 Å². The van der Waals surface area contributed by atoms with Crippen LogP contribution in [0.4, 0.5) is 51.2 Å². The lowest BCUT2D eigenvalue weighted by molar-refractivity contribution is 0.661. The summed E-state index contributed by atoms with van der Waals surface area (Å²) in [5, 5.41) is 2.07. The van der Waals surface area contributed by atoms with Crippen LogP contribution in [-0.2, 0) is 0 Å². The molecule has 0 amide bonds. The third kappa shape index (κ3) is 7.05. The maximum Gasteiger partial charge on any atom is 0.191 e. The molecule has 0 radical (unpaired) electrons. The molecule has 10 aromatic rings. The number of hydrogen-bond acceptors (Lipinski definition) is 4. The summed E-state index contributed by atoms with van der Waals surface area (Å²) in [6, 6.07) is 85.2. The zero-order valence-corrected chi connectivity index (χ0v) is 32.3. The number of para-hydroxylation sites is 6. The number of hydrogen-bond donors (Lipinski definition) is 0. The van der Waals surface area contributed by atoms with Crippen molar-refractivity contribution >= 4 is 73.1 Å². The van der Waals surface area contributed by atoms with E-state index in [0.717, 1.165) is 84.3 Å². The highest BCUT2D eigenvalue weighted by Crippen LogP contribution is 2.44. The van der Waals surface area contributed by atoms with E-state index >= 15 is 0 Å². The van der Waals surface area contributed by atoms with Crippen LogP contribution in [0, 0.1) is 0 Å². The Morgan fingerprint density at radius 2 is 0.508 bits per heavy atom. The predicted octanol–water partition coefficient (Wildman–Crippen LogP) is 15.9. The second-order valence-corrected chi connectivity index (χ2v) is 14.4. The molecular weight excluding hydrogens is 719 g/mol. The van der Waals surface area contributed by atoms with Crippen molar-refractivity contribution in [2.45, 2.75) is 0 Å². The topological polar surface area (TPSA) is 22.9 Å². The Labute approximate surface area is 344 Å². The molecule has 0 saturated carbocycles. The Morgan fingerprint density at radius 1 is 0.254 bits per heavy atom. The average Bonchev–Trinajstić information content (AvgIpc) is 3.31. The average molecular weight is 759 g/mol. The number of nitrogens with zero attached hydrogens (tertiary/aromatic N) is 3. The van der Waals surface area contributed by atoms with Gasteiger partial charge in [-0.25, -0.2) is 0 Å². The Morgan fingerprint density at radius 3 is 0.814 bits per heavy atom. The van der Waals surface area contributed by atoms with Crippen molar-refractivity contribution in [3.8, 4) is 11.1 Å². The second-order valence-electron chi connectivity index (χ2n) is 14.4. The Hall–Kier alpha value is -7.95. The molecule has 4 heteroatoms. The molecule has 0 N–H and O–H groups in total. The first-order valence-electron chi connectivity index (χ1n) is 19.9. The fourth-order valence-electron chi connectivity index (χ4n) is 8.04. The van der Waals surface area contributed by atoms with E-state index in [9.17, 15) is 0 Å². The highest BCUT2D eigenvalue weighted by Gasteiger charge is 2.23. The van der Waals surface area contributed by atoms with E-state index in [1.807, 2.05) is 0 Å². The van der Waals surface area contributed by atoms with Gasteiger partial charge in [-0.05, 0) is 121 Å². The van der Waals surface area contributed by atoms with E-state index < -0.39 is 0 Å². The molecule has 0 atom stereocenters. The van der Waals surface area contributed by atoms with Gasteiger partial charge < -0.3 is 19.1 Å². The van der Waals surface area contributed by atoms with Gasteiger partial charge >= 0.3 is 0 Å². The molecule has 0 unspecified atom stereocenters. The maximum absolute atomic E-state index is 7.05. The van der Waals surface area contributed by atoms with Crippen LogP contribution >= 0.6 is 0 Å². The zero-order valence-electron chi connectivity index (χ0n) is 32.3. The molecule has 0 saturated heterocycles. The minimum absolute atomic E-state index is 0.796. The third-order valence-corrected chi connectivity index (χ3v) is 10.7. The minimum Gasteiger partial charge on any atom is -0.405 e. The maximum atomic E-state index is 7.05. The first kappa shape index (κ1) is 35.5. The molecule has 0 aliphatic rings. The van der Waals surface area contributed by atoms with E-state index in [-0.39, 0.29) is 0 Å². The predicted molar refractivity (Wildman–Crippen MR) is 248 cm³/mol. The summed E-state index contributed by atoms with van der Waals surface area (Å²) in [7, 11) is 0. The van der Waals surface area contributed by atoms with Gasteiger partial charge in [0, 0.05) is 46.3 Å². The minimum atomic E-state index is 0.796. The van der Waals surface area contributed by atoms with Crippen molar-refractivity contribution in [1.29, 1.82) is 0 Å². The Kier molecular flexibility index (Phi) is 9.55. The summed E-state index contributed by atoms with van der Waals surface area (Å²) >= 11 is 0. The molecule has 0 bridgehead atoms. The zero-order chi connectivity index (χ0) is 39.4. The molecule has 0 aliphatic carbocycles. The lowest BCUT2D eigenvalue weighted by atomic mass is 9.96. The molecular formula is C55H40N3O+. The van der Waals surface area contributed by atoms with Crippen LogP contribution in [0.25, 0.3) is 33.1 Å². The summed E-state index contributed by atoms with van der Waals surface area (Å²) < 4.78 is 7.05. The Balaban J connectivity index is 1.17.